The van der Waals surface area contributed by atoms with Gasteiger partial charge in [0, 0.05) is 49.5 Å². The Morgan fingerprint density at radius 3 is 2.11 bits per heavy atom. The van der Waals surface area contributed by atoms with Crippen LogP contribution in [0.1, 0.15) is 50.6 Å². The SMILES string of the molecule is Cc1nc(S(=O)(=O)c2ccc(CNC(=O)c3cc4ccncc4o3)cc2)ccc1F.O=C(NCc1ccc(S(=O)(=O)c2cncc(N3CCCC3)c2)cc1)c1ccc2ncsc2c1. The van der Waals surface area contributed by atoms with E-state index in [0.717, 1.165) is 64.9 Å². The van der Waals surface area contributed by atoms with Crippen LogP contribution in [0.25, 0.3) is 21.2 Å². The minimum Gasteiger partial charge on any atom is -0.449 e. The van der Waals surface area contributed by atoms with Crippen LogP contribution < -0.4 is 15.5 Å². The molecule has 6 heterocycles. The molecule has 0 spiro atoms. The van der Waals surface area contributed by atoms with Gasteiger partial charge in [-0.25, -0.2) is 31.2 Å². The average molecular weight is 904 g/mol. The number of pyridine rings is 3. The number of halogens is 1. The van der Waals surface area contributed by atoms with Gasteiger partial charge in [-0.15, -0.1) is 11.3 Å². The molecular weight excluding hydrogens is 866 g/mol. The van der Waals surface area contributed by atoms with Crippen LogP contribution in [-0.4, -0.2) is 61.7 Å². The van der Waals surface area contributed by atoms with Crippen molar-refractivity contribution in [2.24, 2.45) is 0 Å². The van der Waals surface area contributed by atoms with Crippen molar-refractivity contribution >= 4 is 69.7 Å². The number of nitrogens with zero attached hydrogens (tertiary/aromatic N) is 5. The van der Waals surface area contributed by atoms with E-state index in [1.165, 1.54) is 42.8 Å². The Balaban J connectivity index is 0.000000174. The normalized spacial score (nSPS) is 12.8. The smallest absolute Gasteiger partial charge is 0.287 e. The summed E-state index contributed by atoms with van der Waals surface area (Å²) in [5.41, 5.74) is 6.06. The number of nitrogens with one attached hydrogen (secondary N) is 2. The minimum atomic E-state index is -3.87. The zero-order chi connectivity index (χ0) is 44.1. The fraction of sp³-hybridized carbons (Fsp3) is 0.156. The van der Waals surface area contributed by atoms with Crippen molar-refractivity contribution in [2.75, 3.05) is 18.0 Å². The number of thiazole rings is 1. The summed E-state index contributed by atoms with van der Waals surface area (Å²) < 4.78 is 71.4. The number of hydrogen-bond acceptors (Lipinski definition) is 13. The molecule has 18 heteroatoms. The summed E-state index contributed by atoms with van der Waals surface area (Å²) in [6.07, 6.45) is 8.45. The number of carbonyl (C=O) groups excluding carboxylic acids is 2. The van der Waals surface area contributed by atoms with E-state index in [1.807, 2.05) is 12.1 Å². The van der Waals surface area contributed by atoms with Crippen molar-refractivity contribution < 1.29 is 35.2 Å². The summed E-state index contributed by atoms with van der Waals surface area (Å²) in [6.45, 7) is 3.72. The van der Waals surface area contributed by atoms with E-state index in [1.54, 1.807) is 78.6 Å². The van der Waals surface area contributed by atoms with Gasteiger partial charge >= 0.3 is 0 Å². The first kappa shape index (κ1) is 42.8. The average Bonchev–Trinajstić information content (AvgIpc) is 4.11. The summed E-state index contributed by atoms with van der Waals surface area (Å²) in [4.78, 5) is 43.5. The summed E-state index contributed by atoms with van der Waals surface area (Å²) in [6, 6.07) is 25.3. The number of aromatic nitrogens is 4. The fourth-order valence-corrected chi connectivity index (χ4v) is 9.95. The highest BCUT2D eigenvalue weighted by molar-refractivity contribution is 7.91. The van der Waals surface area contributed by atoms with E-state index in [2.05, 4.69) is 35.5 Å². The van der Waals surface area contributed by atoms with Crippen LogP contribution in [-0.2, 0) is 32.8 Å². The van der Waals surface area contributed by atoms with Gasteiger partial charge in [-0.05, 0) is 104 Å². The number of rotatable bonds is 11. The molecule has 0 bridgehead atoms. The lowest BCUT2D eigenvalue weighted by Crippen LogP contribution is -2.22. The summed E-state index contributed by atoms with van der Waals surface area (Å²) in [5.74, 6) is -0.989. The van der Waals surface area contributed by atoms with Crippen LogP contribution in [0.4, 0.5) is 10.1 Å². The second-order valence-electron chi connectivity index (χ2n) is 14.5. The van der Waals surface area contributed by atoms with Crippen LogP contribution in [0.15, 0.2) is 151 Å². The molecule has 0 atom stereocenters. The highest BCUT2D eigenvalue weighted by atomic mass is 32.2. The maximum atomic E-state index is 13.4. The van der Waals surface area contributed by atoms with Gasteiger partial charge in [0.15, 0.2) is 16.4 Å². The minimum absolute atomic E-state index is 0.0109. The summed E-state index contributed by atoms with van der Waals surface area (Å²) in [5, 5.41) is 6.16. The van der Waals surface area contributed by atoms with Crippen molar-refractivity contribution in [1.82, 2.24) is 30.6 Å². The molecule has 1 fully saturated rings. The molecule has 2 N–H and O–H groups in total. The van der Waals surface area contributed by atoms with Crippen molar-refractivity contribution in [3.05, 3.63) is 161 Å². The number of hydrogen-bond donors (Lipinski definition) is 2. The van der Waals surface area contributed by atoms with Gasteiger partial charge in [0.25, 0.3) is 11.8 Å². The molecule has 0 radical (unpaired) electrons. The molecule has 5 aromatic heterocycles. The molecule has 8 aromatic rings. The molecule has 320 valence electrons. The number of amides is 2. The standard InChI is InChI=1S/C24H22N4O3S2.C21H16FN3O4S/c29-24(18-5-8-22-23(11-18)32-16-27-22)26-13-17-3-6-20(7-4-17)33(30,31)21-12-19(14-25-15-21)28-9-1-2-10-28;1-13-17(22)6-7-20(25-13)30(27,28)16-4-2-14(3-5-16)11-24-21(26)18-10-15-8-9-23-12-19(15)29-18/h3-8,11-12,14-16H,1-2,9-10,13H2,(H,26,29);2-10,12H,11H2,1H3,(H,24,26). The van der Waals surface area contributed by atoms with Crippen LogP contribution in [0, 0.1) is 12.7 Å². The van der Waals surface area contributed by atoms with Gasteiger partial charge < -0.3 is 20.0 Å². The number of sulfone groups is 2. The lowest BCUT2D eigenvalue weighted by atomic mass is 10.2. The Hall–Kier alpha value is -6.89. The molecule has 1 aliphatic heterocycles. The predicted molar refractivity (Wildman–Crippen MR) is 234 cm³/mol. The lowest BCUT2D eigenvalue weighted by molar-refractivity contribution is 0.0923. The molecule has 63 heavy (non-hydrogen) atoms. The van der Waals surface area contributed by atoms with Gasteiger partial charge in [-0.2, -0.15) is 0 Å². The van der Waals surface area contributed by atoms with Crippen LogP contribution >= 0.6 is 11.3 Å². The molecule has 1 saturated heterocycles. The Kier molecular flexibility index (Phi) is 12.4. The van der Waals surface area contributed by atoms with Gasteiger partial charge in [0.2, 0.25) is 19.7 Å². The summed E-state index contributed by atoms with van der Waals surface area (Å²) >= 11 is 1.49. The van der Waals surface area contributed by atoms with Gasteiger partial charge in [0.05, 0.1) is 54.2 Å². The van der Waals surface area contributed by atoms with E-state index < -0.39 is 31.4 Å². The lowest BCUT2D eigenvalue weighted by Gasteiger charge is -2.17. The van der Waals surface area contributed by atoms with E-state index in [0.29, 0.717) is 23.3 Å². The second-order valence-corrected chi connectivity index (χ2v) is 19.2. The van der Waals surface area contributed by atoms with Crippen LogP contribution in [0.3, 0.4) is 0 Å². The van der Waals surface area contributed by atoms with Crippen molar-refractivity contribution in [3.63, 3.8) is 0 Å². The highest BCUT2D eigenvalue weighted by Crippen LogP contribution is 2.27. The third kappa shape index (κ3) is 9.62. The van der Waals surface area contributed by atoms with E-state index >= 15 is 0 Å². The summed E-state index contributed by atoms with van der Waals surface area (Å²) in [7, 11) is -7.55. The number of aryl methyl sites for hydroxylation is 1. The number of carbonyl (C=O) groups is 2. The van der Waals surface area contributed by atoms with Gasteiger partial charge in [-0.1, -0.05) is 24.3 Å². The number of fused-ring (bicyclic) bond motifs is 2. The van der Waals surface area contributed by atoms with Crippen molar-refractivity contribution in [3.8, 4) is 0 Å². The third-order valence-electron chi connectivity index (χ3n) is 10.3. The topological polar surface area (TPSA) is 194 Å². The molecule has 3 aromatic carbocycles. The van der Waals surface area contributed by atoms with Crippen LogP contribution in [0.2, 0.25) is 0 Å². The fourth-order valence-electron chi connectivity index (χ4n) is 6.75. The Morgan fingerprint density at radius 2 is 1.43 bits per heavy atom. The molecule has 1 aliphatic rings. The molecule has 0 aliphatic carbocycles. The number of benzene rings is 3. The molecular formula is C45H38FN7O7S3. The van der Waals surface area contributed by atoms with Crippen molar-refractivity contribution in [1.29, 1.82) is 0 Å². The molecule has 0 saturated carbocycles. The first-order chi connectivity index (χ1) is 30.3. The largest absolute Gasteiger partial charge is 0.449 e. The van der Waals surface area contributed by atoms with E-state index in [4.69, 9.17) is 4.42 Å². The molecule has 14 nitrogen and oxygen atoms in total. The molecule has 0 unspecified atom stereocenters. The first-order valence-corrected chi connectivity index (χ1v) is 23.4. The Bertz CT molecular complexity index is 3160. The number of anilines is 1. The molecule has 2 amide bonds. The third-order valence-corrected chi connectivity index (χ3v) is 14.5. The maximum Gasteiger partial charge on any atom is 0.287 e. The Labute approximate surface area is 365 Å². The zero-order valence-electron chi connectivity index (χ0n) is 33.6. The zero-order valence-corrected chi connectivity index (χ0v) is 36.0. The van der Waals surface area contributed by atoms with E-state index in [-0.39, 0.29) is 43.6 Å². The Morgan fingerprint density at radius 1 is 0.746 bits per heavy atom. The predicted octanol–water partition coefficient (Wildman–Crippen LogP) is 7.49. The first-order valence-electron chi connectivity index (χ1n) is 19.6. The quantitative estimate of drug-likeness (QED) is 0.130. The maximum absolute atomic E-state index is 13.4. The van der Waals surface area contributed by atoms with Crippen LogP contribution in [0.5, 0.6) is 0 Å². The van der Waals surface area contributed by atoms with Gasteiger partial charge in [-0.3, -0.25) is 19.6 Å². The second kappa shape index (κ2) is 18.2. The number of furan rings is 1. The highest BCUT2D eigenvalue weighted by Gasteiger charge is 2.22. The van der Waals surface area contributed by atoms with Gasteiger partial charge in [0.1, 0.15) is 5.82 Å². The molecule has 9 rings (SSSR count). The monoisotopic (exact) mass is 903 g/mol. The van der Waals surface area contributed by atoms with E-state index in [9.17, 15) is 30.8 Å². The van der Waals surface area contributed by atoms with Crippen molar-refractivity contribution in [2.45, 2.75) is 52.6 Å².